The molecule has 0 spiro atoms. The number of sulfonamides is 1. The zero-order valence-electron chi connectivity index (χ0n) is 15.5. The summed E-state index contributed by atoms with van der Waals surface area (Å²) in [7, 11) is -1.60. The summed E-state index contributed by atoms with van der Waals surface area (Å²) in [6.45, 7) is 1.92. The van der Waals surface area contributed by atoms with E-state index in [1.165, 1.54) is 46.8 Å². The largest absolute Gasteiger partial charge is 0.481 e. The molecule has 1 amide bonds. The number of nitrogens with zero attached hydrogens (tertiary/aromatic N) is 2. The second-order valence-electron chi connectivity index (χ2n) is 6.50. The van der Waals surface area contributed by atoms with Gasteiger partial charge in [0.2, 0.25) is 10.0 Å². The number of piperazine rings is 1. The second-order valence-corrected chi connectivity index (χ2v) is 8.44. The molecule has 0 saturated carbocycles. The molecule has 7 nitrogen and oxygen atoms in total. The molecular weight excluding hydrogens is 385 g/mol. The monoisotopic (exact) mass is 407 g/mol. The Morgan fingerprint density at radius 3 is 2.36 bits per heavy atom. The summed E-state index contributed by atoms with van der Waals surface area (Å²) in [5.41, 5.74) is 0.430. The highest BCUT2D eigenvalue weighted by molar-refractivity contribution is 7.89. The Morgan fingerprint density at radius 2 is 1.71 bits per heavy atom. The van der Waals surface area contributed by atoms with E-state index in [2.05, 4.69) is 10.2 Å². The van der Waals surface area contributed by atoms with Crippen LogP contribution in [0.15, 0.2) is 53.4 Å². The van der Waals surface area contributed by atoms with Crippen LogP contribution in [0.4, 0.5) is 10.1 Å². The van der Waals surface area contributed by atoms with E-state index in [9.17, 15) is 17.6 Å². The maximum Gasteiger partial charge on any atom is 0.262 e. The minimum Gasteiger partial charge on any atom is -0.481 e. The zero-order chi connectivity index (χ0) is 20.1. The van der Waals surface area contributed by atoms with Crippen molar-refractivity contribution in [3.8, 4) is 5.75 Å². The maximum absolute atomic E-state index is 13.5. The van der Waals surface area contributed by atoms with Gasteiger partial charge in [-0.25, -0.2) is 12.8 Å². The number of anilines is 1. The van der Waals surface area contributed by atoms with E-state index < -0.39 is 21.7 Å². The van der Waals surface area contributed by atoms with Crippen molar-refractivity contribution in [2.24, 2.45) is 0 Å². The van der Waals surface area contributed by atoms with Gasteiger partial charge in [0.25, 0.3) is 5.91 Å². The quantitative estimate of drug-likeness (QED) is 0.790. The topological polar surface area (TPSA) is 79.0 Å². The number of likely N-dealkylation sites (N-methyl/N-ethyl adjacent to an activating group) is 1. The van der Waals surface area contributed by atoms with E-state index in [1.54, 1.807) is 6.07 Å². The van der Waals surface area contributed by atoms with E-state index in [0.717, 1.165) is 0 Å². The van der Waals surface area contributed by atoms with Crippen LogP contribution >= 0.6 is 0 Å². The molecular formula is C19H22FN3O4S. The molecule has 2 aromatic rings. The van der Waals surface area contributed by atoms with Crippen molar-refractivity contribution in [1.82, 2.24) is 9.21 Å². The number of carbonyl (C=O) groups excluding carboxylic acids is 1. The van der Waals surface area contributed by atoms with E-state index in [-0.39, 0.29) is 17.3 Å². The highest BCUT2D eigenvalue weighted by Crippen LogP contribution is 2.20. The van der Waals surface area contributed by atoms with Gasteiger partial charge in [-0.3, -0.25) is 4.79 Å². The number of hydrogen-bond acceptors (Lipinski definition) is 5. The van der Waals surface area contributed by atoms with Crippen LogP contribution in [-0.4, -0.2) is 63.4 Å². The third kappa shape index (κ3) is 4.86. The summed E-state index contributed by atoms with van der Waals surface area (Å²) in [5, 5.41) is 2.59. The average Bonchev–Trinajstić information content (AvgIpc) is 2.68. The van der Waals surface area contributed by atoms with Crippen molar-refractivity contribution in [3.05, 3.63) is 54.3 Å². The van der Waals surface area contributed by atoms with Gasteiger partial charge in [-0.1, -0.05) is 12.1 Å². The first kappa shape index (κ1) is 20.2. The number of rotatable bonds is 6. The van der Waals surface area contributed by atoms with E-state index in [0.29, 0.717) is 31.9 Å². The Balaban J connectivity index is 1.58. The maximum atomic E-state index is 13.5. The predicted octanol–water partition coefficient (Wildman–Crippen LogP) is 1.78. The number of benzene rings is 2. The lowest BCUT2D eigenvalue weighted by Gasteiger charge is -2.31. The molecule has 3 rings (SSSR count). The molecule has 28 heavy (non-hydrogen) atoms. The van der Waals surface area contributed by atoms with Crippen molar-refractivity contribution < 1.29 is 22.3 Å². The lowest BCUT2D eigenvalue weighted by atomic mass is 10.3. The van der Waals surface area contributed by atoms with Crippen LogP contribution in [0.1, 0.15) is 0 Å². The first-order chi connectivity index (χ1) is 13.4. The molecule has 150 valence electrons. The van der Waals surface area contributed by atoms with E-state index >= 15 is 0 Å². The summed E-state index contributed by atoms with van der Waals surface area (Å²) < 4.78 is 45.4. The van der Waals surface area contributed by atoms with Crippen molar-refractivity contribution in [1.29, 1.82) is 0 Å². The lowest BCUT2D eigenvalue weighted by Crippen LogP contribution is -2.46. The van der Waals surface area contributed by atoms with Gasteiger partial charge in [0.1, 0.15) is 0 Å². The molecule has 2 aromatic carbocycles. The summed E-state index contributed by atoms with van der Waals surface area (Å²) >= 11 is 0. The van der Waals surface area contributed by atoms with Crippen molar-refractivity contribution in [3.63, 3.8) is 0 Å². The van der Waals surface area contributed by atoms with Gasteiger partial charge >= 0.3 is 0 Å². The molecule has 1 aliphatic heterocycles. The molecule has 0 aliphatic carbocycles. The smallest absolute Gasteiger partial charge is 0.262 e. The summed E-state index contributed by atoms with van der Waals surface area (Å²) in [6, 6.07) is 11.8. The molecule has 0 aromatic heterocycles. The zero-order valence-corrected chi connectivity index (χ0v) is 16.3. The van der Waals surface area contributed by atoms with Crippen LogP contribution in [0.2, 0.25) is 0 Å². The first-order valence-corrected chi connectivity index (χ1v) is 10.3. The van der Waals surface area contributed by atoms with Crippen LogP contribution in [0, 0.1) is 5.82 Å². The fourth-order valence-corrected chi connectivity index (χ4v) is 4.21. The number of amides is 1. The van der Waals surface area contributed by atoms with Crippen LogP contribution in [0.5, 0.6) is 5.75 Å². The summed E-state index contributed by atoms with van der Waals surface area (Å²) in [5.74, 6) is -1.03. The van der Waals surface area contributed by atoms with Crippen LogP contribution in [0.3, 0.4) is 0 Å². The highest BCUT2D eigenvalue weighted by atomic mass is 32.2. The van der Waals surface area contributed by atoms with Gasteiger partial charge in [-0.05, 0) is 43.4 Å². The Kier molecular flexibility index (Phi) is 6.28. The lowest BCUT2D eigenvalue weighted by molar-refractivity contribution is -0.118. The van der Waals surface area contributed by atoms with Crippen LogP contribution in [0.25, 0.3) is 0 Å². The minimum absolute atomic E-state index is 0.00809. The Morgan fingerprint density at radius 1 is 1.07 bits per heavy atom. The van der Waals surface area contributed by atoms with Gasteiger partial charge in [0, 0.05) is 31.9 Å². The van der Waals surface area contributed by atoms with Crippen molar-refractivity contribution in [2.75, 3.05) is 45.2 Å². The molecule has 1 N–H and O–H groups in total. The number of ether oxygens (including phenoxy) is 1. The third-order valence-electron chi connectivity index (χ3n) is 4.43. The van der Waals surface area contributed by atoms with Gasteiger partial charge in [-0.2, -0.15) is 4.31 Å². The fourth-order valence-electron chi connectivity index (χ4n) is 2.79. The minimum atomic E-state index is -3.55. The summed E-state index contributed by atoms with van der Waals surface area (Å²) in [6.07, 6.45) is 0. The highest BCUT2D eigenvalue weighted by Gasteiger charge is 2.27. The van der Waals surface area contributed by atoms with Crippen LogP contribution < -0.4 is 10.1 Å². The molecule has 1 fully saturated rings. The number of hydrogen-bond donors (Lipinski definition) is 1. The summed E-state index contributed by atoms with van der Waals surface area (Å²) in [4.78, 5) is 14.2. The second kappa shape index (κ2) is 8.68. The SMILES string of the molecule is CN1CCN(S(=O)(=O)c2ccc(NC(=O)COc3ccccc3F)cc2)CC1. The van der Waals surface area contributed by atoms with Gasteiger partial charge in [-0.15, -0.1) is 0 Å². The standard InChI is InChI=1S/C19H22FN3O4S/c1-22-10-12-23(13-11-22)28(25,26)16-8-6-15(7-9-16)21-19(24)14-27-18-5-3-2-4-17(18)20/h2-9H,10-14H2,1H3,(H,21,24). The van der Waals surface area contributed by atoms with Crippen molar-refractivity contribution in [2.45, 2.75) is 4.90 Å². The first-order valence-electron chi connectivity index (χ1n) is 8.82. The number of para-hydroxylation sites is 1. The Labute approximate surface area is 163 Å². The molecule has 9 heteroatoms. The van der Waals surface area contributed by atoms with Crippen LogP contribution in [-0.2, 0) is 14.8 Å². The molecule has 1 heterocycles. The van der Waals surface area contributed by atoms with Gasteiger partial charge < -0.3 is 15.0 Å². The molecule has 0 unspecified atom stereocenters. The molecule has 1 saturated heterocycles. The van der Waals surface area contributed by atoms with E-state index in [1.807, 2.05) is 7.05 Å². The Hall–Kier alpha value is -2.49. The number of nitrogens with one attached hydrogen (secondary N) is 1. The predicted molar refractivity (Wildman–Crippen MR) is 103 cm³/mol. The van der Waals surface area contributed by atoms with Crippen molar-refractivity contribution >= 4 is 21.6 Å². The third-order valence-corrected chi connectivity index (χ3v) is 6.35. The molecule has 1 aliphatic rings. The number of carbonyl (C=O) groups is 1. The molecule has 0 atom stereocenters. The van der Waals surface area contributed by atoms with Gasteiger partial charge in [0.15, 0.2) is 18.2 Å². The average molecular weight is 407 g/mol. The molecule has 0 bridgehead atoms. The fraction of sp³-hybridized carbons (Fsp3) is 0.316. The Bertz CT molecular complexity index is 926. The normalized spacial score (nSPS) is 15.9. The molecule has 0 radical (unpaired) electrons. The van der Waals surface area contributed by atoms with Gasteiger partial charge in [0.05, 0.1) is 4.90 Å². The number of halogens is 1. The van der Waals surface area contributed by atoms with E-state index in [4.69, 9.17) is 4.74 Å².